The van der Waals surface area contributed by atoms with Crippen LogP contribution in [0.15, 0.2) is 6.07 Å². The quantitative estimate of drug-likeness (QED) is 0.871. The summed E-state index contributed by atoms with van der Waals surface area (Å²) >= 11 is 0. The van der Waals surface area contributed by atoms with Gasteiger partial charge in [-0.15, -0.1) is 0 Å². The topological polar surface area (TPSA) is 41.0 Å². The third-order valence-electron chi connectivity index (χ3n) is 3.16. The lowest BCUT2D eigenvalue weighted by Gasteiger charge is -2.26. The van der Waals surface area contributed by atoms with Gasteiger partial charge in [-0.25, -0.2) is 9.97 Å². The maximum Gasteiger partial charge on any atom is 0.451 e. The summed E-state index contributed by atoms with van der Waals surface area (Å²) in [7, 11) is 1.54. The molecule has 0 radical (unpaired) electrons. The number of rotatable bonds is 6. The molecule has 1 aromatic heterocycles. The van der Waals surface area contributed by atoms with Crippen LogP contribution in [0.1, 0.15) is 33.0 Å². The summed E-state index contributed by atoms with van der Waals surface area (Å²) in [6.45, 7) is 7.29. The second-order valence-corrected chi connectivity index (χ2v) is 4.73. The van der Waals surface area contributed by atoms with Crippen LogP contribution in [-0.2, 0) is 6.18 Å². The number of anilines is 2. The molecule has 20 heavy (non-hydrogen) atoms. The van der Waals surface area contributed by atoms with E-state index in [1.165, 1.54) is 7.05 Å². The second kappa shape index (κ2) is 6.76. The zero-order valence-corrected chi connectivity index (χ0v) is 12.3. The smallest absolute Gasteiger partial charge is 0.373 e. The first-order valence-corrected chi connectivity index (χ1v) is 6.70. The van der Waals surface area contributed by atoms with E-state index in [9.17, 15) is 13.2 Å². The summed E-state index contributed by atoms with van der Waals surface area (Å²) in [5.41, 5.74) is 0. The summed E-state index contributed by atoms with van der Waals surface area (Å²) < 4.78 is 38.4. The molecule has 1 aromatic rings. The maximum atomic E-state index is 12.8. The summed E-state index contributed by atoms with van der Waals surface area (Å²) in [5, 5.41) is 2.65. The summed E-state index contributed by atoms with van der Waals surface area (Å²) in [5.74, 6) is -0.247. The average molecular weight is 290 g/mol. The van der Waals surface area contributed by atoms with Crippen LogP contribution in [0, 0.1) is 5.92 Å². The lowest BCUT2D eigenvalue weighted by atomic mass is 10.1. The first kappa shape index (κ1) is 16.5. The molecule has 0 aliphatic rings. The van der Waals surface area contributed by atoms with Crippen LogP contribution in [0.2, 0.25) is 0 Å². The Balaban J connectivity index is 3.14. The molecule has 4 nitrogen and oxygen atoms in total. The zero-order valence-electron chi connectivity index (χ0n) is 12.3. The number of hydrogen-bond acceptors (Lipinski definition) is 4. The van der Waals surface area contributed by atoms with Gasteiger partial charge in [0.05, 0.1) is 0 Å². The van der Waals surface area contributed by atoms with E-state index in [-0.39, 0.29) is 5.82 Å². The van der Waals surface area contributed by atoms with Gasteiger partial charge in [0, 0.05) is 26.2 Å². The molecule has 1 unspecified atom stereocenters. The van der Waals surface area contributed by atoms with Crippen molar-refractivity contribution in [3.05, 3.63) is 11.9 Å². The van der Waals surface area contributed by atoms with E-state index < -0.39 is 12.0 Å². The van der Waals surface area contributed by atoms with E-state index >= 15 is 0 Å². The van der Waals surface area contributed by atoms with Crippen molar-refractivity contribution in [1.82, 2.24) is 9.97 Å². The molecule has 0 saturated carbocycles. The predicted octanol–water partition coefficient (Wildman–Crippen LogP) is 3.41. The molecule has 114 valence electrons. The van der Waals surface area contributed by atoms with Gasteiger partial charge in [0.2, 0.25) is 5.82 Å². The Morgan fingerprint density at radius 1 is 1.30 bits per heavy atom. The molecule has 1 rings (SSSR count). The van der Waals surface area contributed by atoms with Gasteiger partial charge in [0.15, 0.2) is 0 Å². The molecule has 7 heteroatoms. The highest BCUT2D eigenvalue weighted by molar-refractivity contribution is 5.49. The molecule has 1 heterocycles. The van der Waals surface area contributed by atoms with Gasteiger partial charge in [0.25, 0.3) is 0 Å². The summed E-state index contributed by atoms with van der Waals surface area (Å²) in [6.07, 6.45) is -3.58. The minimum atomic E-state index is -4.54. The molecule has 0 bridgehead atoms. The molecule has 0 aliphatic carbocycles. The van der Waals surface area contributed by atoms with Crippen molar-refractivity contribution in [3.63, 3.8) is 0 Å². The summed E-state index contributed by atoms with van der Waals surface area (Å²) in [4.78, 5) is 8.97. The Bertz CT molecular complexity index is 434. The van der Waals surface area contributed by atoms with Crippen molar-refractivity contribution >= 4 is 11.6 Å². The summed E-state index contributed by atoms with van der Waals surface area (Å²) in [6, 6.07) is 1.54. The third-order valence-corrected chi connectivity index (χ3v) is 3.16. The van der Waals surface area contributed by atoms with Crippen LogP contribution in [0.25, 0.3) is 0 Å². The van der Waals surface area contributed by atoms with Crippen LogP contribution in [0.3, 0.4) is 0 Å². The van der Waals surface area contributed by atoms with Gasteiger partial charge < -0.3 is 10.2 Å². The van der Waals surface area contributed by atoms with Gasteiger partial charge in [-0.05, 0) is 12.8 Å². The fraction of sp³-hybridized carbons (Fsp3) is 0.692. The van der Waals surface area contributed by atoms with Crippen molar-refractivity contribution in [1.29, 1.82) is 0 Å². The highest BCUT2D eigenvalue weighted by Crippen LogP contribution is 2.29. The SMILES string of the molecule is CCC(C)CN(CC)c1cc(NC)nc(C(F)(F)F)n1. The minimum absolute atomic E-state index is 0.171. The van der Waals surface area contributed by atoms with Gasteiger partial charge in [-0.3, -0.25) is 0 Å². The second-order valence-electron chi connectivity index (χ2n) is 4.73. The molecule has 0 fully saturated rings. The van der Waals surface area contributed by atoms with Crippen molar-refractivity contribution in [2.24, 2.45) is 5.92 Å². The number of nitrogens with one attached hydrogen (secondary N) is 1. The van der Waals surface area contributed by atoms with Crippen molar-refractivity contribution < 1.29 is 13.2 Å². The Hall–Kier alpha value is -1.53. The van der Waals surface area contributed by atoms with E-state index in [1.807, 2.05) is 11.8 Å². The maximum absolute atomic E-state index is 12.8. The van der Waals surface area contributed by atoms with E-state index in [4.69, 9.17) is 0 Å². The van der Waals surface area contributed by atoms with E-state index in [1.54, 1.807) is 6.07 Å². The van der Waals surface area contributed by atoms with Gasteiger partial charge >= 0.3 is 6.18 Å². The average Bonchev–Trinajstić information content (AvgIpc) is 2.42. The van der Waals surface area contributed by atoms with Crippen molar-refractivity contribution in [2.45, 2.75) is 33.4 Å². The Kier molecular flexibility index (Phi) is 5.59. The first-order chi connectivity index (χ1) is 9.31. The number of nitrogens with zero attached hydrogens (tertiary/aromatic N) is 3. The number of aromatic nitrogens is 2. The molecule has 0 aromatic carbocycles. The van der Waals surface area contributed by atoms with E-state index in [0.717, 1.165) is 6.42 Å². The standard InChI is InChI=1S/C13H21F3N4/c1-5-9(3)8-20(6-2)11-7-10(17-4)18-12(19-11)13(14,15)16/h7,9H,5-6,8H2,1-4H3,(H,17,18,19). The van der Waals surface area contributed by atoms with Gasteiger partial charge in [-0.1, -0.05) is 20.3 Å². The zero-order chi connectivity index (χ0) is 15.3. The fourth-order valence-corrected chi connectivity index (χ4v) is 1.74. The number of hydrogen-bond donors (Lipinski definition) is 1. The van der Waals surface area contributed by atoms with Crippen LogP contribution < -0.4 is 10.2 Å². The number of halogens is 3. The Morgan fingerprint density at radius 2 is 1.95 bits per heavy atom. The Morgan fingerprint density at radius 3 is 2.40 bits per heavy atom. The molecule has 1 atom stereocenters. The van der Waals surface area contributed by atoms with E-state index in [2.05, 4.69) is 29.1 Å². The lowest BCUT2D eigenvalue weighted by molar-refractivity contribution is -0.144. The highest BCUT2D eigenvalue weighted by Gasteiger charge is 2.35. The molecule has 0 amide bonds. The monoisotopic (exact) mass is 290 g/mol. The highest BCUT2D eigenvalue weighted by atomic mass is 19.4. The third kappa shape index (κ3) is 4.25. The first-order valence-electron chi connectivity index (χ1n) is 6.70. The Labute approximate surface area is 117 Å². The van der Waals surface area contributed by atoms with Crippen LogP contribution in [0.5, 0.6) is 0 Å². The largest absolute Gasteiger partial charge is 0.451 e. The molecule has 0 aliphatic heterocycles. The van der Waals surface area contributed by atoms with Crippen LogP contribution >= 0.6 is 0 Å². The fourth-order valence-electron chi connectivity index (χ4n) is 1.74. The normalized spacial score (nSPS) is 13.2. The number of alkyl halides is 3. The molecule has 0 spiro atoms. The molecular weight excluding hydrogens is 269 g/mol. The molecule has 0 saturated heterocycles. The predicted molar refractivity (Wildman–Crippen MR) is 73.9 cm³/mol. The van der Waals surface area contributed by atoms with Crippen molar-refractivity contribution in [2.75, 3.05) is 30.4 Å². The lowest BCUT2D eigenvalue weighted by Crippen LogP contribution is -2.30. The molecule has 1 N–H and O–H groups in total. The van der Waals surface area contributed by atoms with Gasteiger partial charge in [-0.2, -0.15) is 13.2 Å². The van der Waals surface area contributed by atoms with Crippen LogP contribution in [0.4, 0.5) is 24.8 Å². The minimum Gasteiger partial charge on any atom is -0.373 e. The van der Waals surface area contributed by atoms with Gasteiger partial charge in [0.1, 0.15) is 11.6 Å². The van der Waals surface area contributed by atoms with Crippen LogP contribution in [-0.4, -0.2) is 30.1 Å². The molecular formula is C13H21F3N4. The van der Waals surface area contributed by atoms with Crippen molar-refractivity contribution in [3.8, 4) is 0 Å². The van der Waals surface area contributed by atoms with E-state index in [0.29, 0.717) is 24.8 Å².